The molecule has 1 radical (unpaired) electrons. The zero-order valence-corrected chi connectivity index (χ0v) is 4.89. The Bertz CT molecular complexity index is 80.5. The molecule has 0 aromatic rings. The molecular weight excluding hydrogens is 104 g/mol. The molecule has 0 saturated heterocycles. The molecule has 0 atom stereocenters. The summed E-state index contributed by atoms with van der Waals surface area (Å²) >= 11 is 0. The highest BCUT2D eigenvalue weighted by atomic mass is 16.7. The SMILES string of the molecule is CCC[C]1OC=CO1. The van der Waals surface area contributed by atoms with Gasteiger partial charge in [-0.25, -0.2) is 0 Å². The van der Waals surface area contributed by atoms with E-state index >= 15 is 0 Å². The lowest BCUT2D eigenvalue weighted by Crippen LogP contribution is -1.93. The minimum absolute atomic E-state index is 0.715. The lowest BCUT2D eigenvalue weighted by atomic mass is 10.3. The minimum atomic E-state index is 0.715. The van der Waals surface area contributed by atoms with Gasteiger partial charge >= 0.3 is 6.29 Å². The van der Waals surface area contributed by atoms with Crippen molar-refractivity contribution in [3.8, 4) is 0 Å². The van der Waals surface area contributed by atoms with Crippen LogP contribution in [-0.4, -0.2) is 0 Å². The summed E-state index contributed by atoms with van der Waals surface area (Å²) in [5.41, 5.74) is 0. The van der Waals surface area contributed by atoms with Crippen LogP contribution in [0.5, 0.6) is 0 Å². The number of hydrogen-bond donors (Lipinski definition) is 0. The summed E-state index contributed by atoms with van der Waals surface area (Å²) in [6, 6.07) is 0. The Balaban J connectivity index is 2.10. The van der Waals surface area contributed by atoms with Crippen molar-refractivity contribution in [1.29, 1.82) is 0 Å². The van der Waals surface area contributed by atoms with E-state index < -0.39 is 0 Å². The van der Waals surface area contributed by atoms with E-state index in [1.54, 1.807) is 12.5 Å². The van der Waals surface area contributed by atoms with Gasteiger partial charge in [0.05, 0.1) is 0 Å². The summed E-state index contributed by atoms with van der Waals surface area (Å²) in [5.74, 6) is 0. The highest BCUT2D eigenvalue weighted by Crippen LogP contribution is 2.17. The zero-order valence-electron chi connectivity index (χ0n) is 4.89. The summed E-state index contributed by atoms with van der Waals surface area (Å²) in [6.45, 7) is 2.08. The van der Waals surface area contributed by atoms with E-state index in [1.165, 1.54) is 0 Å². The highest BCUT2D eigenvalue weighted by Gasteiger charge is 2.12. The van der Waals surface area contributed by atoms with Crippen molar-refractivity contribution < 1.29 is 9.47 Å². The number of hydrogen-bond acceptors (Lipinski definition) is 2. The summed E-state index contributed by atoms with van der Waals surface area (Å²) in [5, 5.41) is 0. The Labute approximate surface area is 49.1 Å². The molecule has 0 amide bonds. The first kappa shape index (κ1) is 5.48. The first-order valence-electron chi connectivity index (χ1n) is 2.77. The molecule has 0 aromatic carbocycles. The van der Waals surface area contributed by atoms with Gasteiger partial charge in [-0.2, -0.15) is 0 Å². The van der Waals surface area contributed by atoms with Crippen molar-refractivity contribution in [2.45, 2.75) is 19.8 Å². The molecule has 1 aliphatic rings. The number of ether oxygens (including phenoxy) is 2. The van der Waals surface area contributed by atoms with Crippen LogP contribution in [0.3, 0.4) is 0 Å². The van der Waals surface area contributed by atoms with Gasteiger partial charge < -0.3 is 9.47 Å². The van der Waals surface area contributed by atoms with Crippen LogP contribution in [0, 0.1) is 6.29 Å². The topological polar surface area (TPSA) is 18.5 Å². The Morgan fingerprint density at radius 2 is 2.00 bits per heavy atom. The maximum atomic E-state index is 4.91. The quantitative estimate of drug-likeness (QED) is 0.543. The lowest BCUT2D eigenvalue weighted by molar-refractivity contribution is 0.0858. The van der Waals surface area contributed by atoms with E-state index in [4.69, 9.17) is 9.47 Å². The van der Waals surface area contributed by atoms with E-state index in [0.717, 1.165) is 12.8 Å². The van der Waals surface area contributed by atoms with Gasteiger partial charge in [0, 0.05) is 6.42 Å². The maximum absolute atomic E-state index is 4.91. The van der Waals surface area contributed by atoms with Crippen molar-refractivity contribution in [1.82, 2.24) is 0 Å². The van der Waals surface area contributed by atoms with Crippen LogP contribution < -0.4 is 0 Å². The summed E-state index contributed by atoms with van der Waals surface area (Å²) < 4.78 is 9.81. The number of rotatable bonds is 2. The molecular formula is C6H9O2. The third-order valence-corrected chi connectivity index (χ3v) is 0.909. The summed E-state index contributed by atoms with van der Waals surface area (Å²) in [6.07, 6.45) is 5.77. The molecule has 0 unspecified atom stereocenters. The van der Waals surface area contributed by atoms with E-state index in [9.17, 15) is 0 Å². The largest absolute Gasteiger partial charge is 0.450 e. The third kappa shape index (κ3) is 1.15. The van der Waals surface area contributed by atoms with Crippen LogP contribution in [0.15, 0.2) is 12.5 Å². The van der Waals surface area contributed by atoms with Crippen LogP contribution in [0.25, 0.3) is 0 Å². The lowest BCUT2D eigenvalue weighted by Gasteiger charge is -2.03. The maximum Gasteiger partial charge on any atom is 0.328 e. The molecule has 0 bridgehead atoms. The van der Waals surface area contributed by atoms with E-state index in [2.05, 4.69) is 6.92 Å². The average Bonchev–Trinajstić information content (AvgIpc) is 2.19. The van der Waals surface area contributed by atoms with Gasteiger partial charge in [-0.05, 0) is 6.42 Å². The van der Waals surface area contributed by atoms with Crippen LogP contribution in [0.4, 0.5) is 0 Å². The van der Waals surface area contributed by atoms with Crippen LogP contribution in [-0.2, 0) is 9.47 Å². The Morgan fingerprint density at radius 1 is 1.38 bits per heavy atom. The fourth-order valence-electron chi connectivity index (χ4n) is 0.557. The van der Waals surface area contributed by atoms with Crippen molar-refractivity contribution in [3.05, 3.63) is 18.8 Å². The molecule has 0 fully saturated rings. The van der Waals surface area contributed by atoms with Crippen molar-refractivity contribution >= 4 is 0 Å². The molecule has 0 spiro atoms. The van der Waals surface area contributed by atoms with Crippen LogP contribution >= 0.6 is 0 Å². The Morgan fingerprint density at radius 3 is 2.50 bits per heavy atom. The van der Waals surface area contributed by atoms with Gasteiger partial charge in [-0.15, -0.1) is 0 Å². The second-order valence-electron chi connectivity index (χ2n) is 1.63. The van der Waals surface area contributed by atoms with Gasteiger partial charge in [0.15, 0.2) is 0 Å². The third-order valence-electron chi connectivity index (χ3n) is 0.909. The Hall–Kier alpha value is -0.660. The molecule has 1 heterocycles. The molecule has 0 aromatic heterocycles. The molecule has 0 aliphatic carbocycles. The summed E-state index contributed by atoms with van der Waals surface area (Å²) in [4.78, 5) is 0. The fourth-order valence-corrected chi connectivity index (χ4v) is 0.557. The fraction of sp³-hybridized carbons (Fsp3) is 0.500. The van der Waals surface area contributed by atoms with Crippen molar-refractivity contribution in [3.63, 3.8) is 0 Å². The smallest absolute Gasteiger partial charge is 0.328 e. The van der Waals surface area contributed by atoms with Gasteiger partial charge in [0.1, 0.15) is 12.5 Å². The second kappa shape index (κ2) is 2.60. The predicted molar refractivity (Wildman–Crippen MR) is 29.5 cm³/mol. The molecule has 2 nitrogen and oxygen atoms in total. The Kier molecular flexibility index (Phi) is 1.78. The van der Waals surface area contributed by atoms with Crippen molar-refractivity contribution in [2.75, 3.05) is 0 Å². The molecule has 2 heteroatoms. The van der Waals surface area contributed by atoms with Gasteiger partial charge in [-0.1, -0.05) is 6.92 Å². The van der Waals surface area contributed by atoms with E-state index in [0.29, 0.717) is 6.29 Å². The molecule has 8 heavy (non-hydrogen) atoms. The first-order chi connectivity index (χ1) is 3.93. The molecule has 0 saturated carbocycles. The highest BCUT2D eigenvalue weighted by molar-refractivity contribution is 4.81. The van der Waals surface area contributed by atoms with E-state index in [-0.39, 0.29) is 0 Å². The van der Waals surface area contributed by atoms with Crippen molar-refractivity contribution in [2.24, 2.45) is 0 Å². The van der Waals surface area contributed by atoms with Crippen LogP contribution in [0.1, 0.15) is 19.8 Å². The molecule has 1 aliphatic heterocycles. The predicted octanol–water partition coefficient (Wildman–Crippen LogP) is 1.79. The minimum Gasteiger partial charge on any atom is -0.450 e. The van der Waals surface area contributed by atoms with Gasteiger partial charge in [0.2, 0.25) is 0 Å². The van der Waals surface area contributed by atoms with Gasteiger partial charge in [-0.3, -0.25) is 0 Å². The second-order valence-corrected chi connectivity index (χ2v) is 1.63. The molecule has 0 N–H and O–H groups in total. The van der Waals surface area contributed by atoms with E-state index in [1.807, 2.05) is 0 Å². The normalized spacial score (nSPS) is 18.1. The molecule has 1 rings (SSSR count). The van der Waals surface area contributed by atoms with Gasteiger partial charge in [0.25, 0.3) is 0 Å². The average molecular weight is 113 g/mol. The molecule has 45 valence electrons. The summed E-state index contributed by atoms with van der Waals surface area (Å²) in [7, 11) is 0. The zero-order chi connectivity index (χ0) is 5.82. The van der Waals surface area contributed by atoms with Crippen LogP contribution in [0.2, 0.25) is 0 Å². The standard InChI is InChI=1S/C6H9O2/c1-2-3-6-7-4-5-8-6/h4-5H,2-3H2,1H3. The monoisotopic (exact) mass is 113 g/mol. The first-order valence-corrected chi connectivity index (χ1v) is 2.77.